The molecule has 0 bridgehead atoms. The molecular formula is C13H28N2O. The van der Waals surface area contributed by atoms with E-state index in [9.17, 15) is 0 Å². The van der Waals surface area contributed by atoms with E-state index < -0.39 is 0 Å². The maximum absolute atomic E-state index is 9.15. The lowest BCUT2D eigenvalue weighted by Gasteiger charge is -2.30. The van der Waals surface area contributed by atoms with E-state index in [4.69, 9.17) is 5.11 Å². The normalized spacial score (nSPS) is 25.3. The Balaban J connectivity index is 2.36. The number of hydrogen-bond acceptors (Lipinski definition) is 3. The van der Waals surface area contributed by atoms with Gasteiger partial charge in [-0.05, 0) is 45.8 Å². The van der Waals surface area contributed by atoms with E-state index in [0.717, 1.165) is 19.0 Å². The molecule has 1 fully saturated rings. The summed E-state index contributed by atoms with van der Waals surface area (Å²) in [6.45, 7) is 4.93. The largest absolute Gasteiger partial charge is 0.395 e. The third-order valence-corrected chi connectivity index (χ3v) is 3.86. The molecule has 16 heavy (non-hydrogen) atoms. The van der Waals surface area contributed by atoms with Crippen LogP contribution in [0.2, 0.25) is 0 Å². The minimum atomic E-state index is 0.251. The summed E-state index contributed by atoms with van der Waals surface area (Å²) in [6.07, 6.45) is 7.82. The Morgan fingerprint density at radius 3 is 2.81 bits per heavy atom. The molecule has 1 saturated heterocycles. The second kappa shape index (κ2) is 8.04. The zero-order chi connectivity index (χ0) is 11.8. The van der Waals surface area contributed by atoms with Crippen LogP contribution in [0, 0.1) is 0 Å². The highest BCUT2D eigenvalue weighted by Gasteiger charge is 2.19. The molecule has 2 atom stereocenters. The fourth-order valence-corrected chi connectivity index (χ4v) is 2.64. The predicted octanol–water partition coefficient (Wildman–Crippen LogP) is 1.61. The van der Waals surface area contributed by atoms with Gasteiger partial charge in [0, 0.05) is 12.1 Å². The third-order valence-electron chi connectivity index (χ3n) is 3.86. The minimum absolute atomic E-state index is 0.251. The van der Waals surface area contributed by atoms with Crippen LogP contribution in [0.3, 0.4) is 0 Å². The quantitative estimate of drug-likeness (QED) is 0.725. The molecule has 0 aromatic carbocycles. The van der Waals surface area contributed by atoms with Crippen LogP contribution in [0.4, 0.5) is 0 Å². The Hall–Kier alpha value is -0.120. The van der Waals surface area contributed by atoms with Crippen molar-refractivity contribution in [1.29, 1.82) is 0 Å². The molecule has 0 radical (unpaired) electrons. The summed E-state index contributed by atoms with van der Waals surface area (Å²) in [7, 11) is 1.93. The SMILES string of the molecule is CCC1CCCCCN1CCC(CO)NC. The first-order valence-corrected chi connectivity index (χ1v) is 6.84. The van der Waals surface area contributed by atoms with Gasteiger partial charge in [0.15, 0.2) is 0 Å². The number of likely N-dealkylation sites (tertiary alicyclic amines) is 1. The Morgan fingerprint density at radius 2 is 2.19 bits per heavy atom. The number of nitrogens with zero attached hydrogens (tertiary/aromatic N) is 1. The number of hydrogen-bond donors (Lipinski definition) is 2. The molecular weight excluding hydrogens is 200 g/mol. The molecule has 1 rings (SSSR count). The molecule has 1 heterocycles. The fourth-order valence-electron chi connectivity index (χ4n) is 2.64. The Labute approximate surface area is 100 Å². The van der Waals surface area contributed by atoms with Crippen LogP contribution in [0.25, 0.3) is 0 Å². The van der Waals surface area contributed by atoms with Crippen molar-refractivity contribution in [3.63, 3.8) is 0 Å². The van der Waals surface area contributed by atoms with Crippen LogP contribution in [-0.4, -0.2) is 48.8 Å². The molecule has 1 aliphatic heterocycles. The van der Waals surface area contributed by atoms with E-state index in [1.807, 2.05) is 7.05 Å². The predicted molar refractivity (Wildman–Crippen MR) is 68.7 cm³/mol. The van der Waals surface area contributed by atoms with Gasteiger partial charge < -0.3 is 15.3 Å². The van der Waals surface area contributed by atoms with Gasteiger partial charge in [-0.15, -0.1) is 0 Å². The van der Waals surface area contributed by atoms with E-state index in [-0.39, 0.29) is 12.6 Å². The molecule has 96 valence electrons. The number of nitrogens with one attached hydrogen (secondary N) is 1. The average Bonchev–Trinajstić information content (AvgIpc) is 2.55. The van der Waals surface area contributed by atoms with Crippen LogP contribution in [-0.2, 0) is 0 Å². The van der Waals surface area contributed by atoms with Gasteiger partial charge in [0.25, 0.3) is 0 Å². The van der Waals surface area contributed by atoms with Gasteiger partial charge in [-0.2, -0.15) is 0 Å². The highest BCUT2D eigenvalue weighted by atomic mass is 16.3. The van der Waals surface area contributed by atoms with Crippen molar-refractivity contribution < 1.29 is 5.11 Å². The third kappa shape index (κ3) is 4.40. The van der Waals surface area contributed by atoms with Crippen molar-refractivity contribution in [1.82, 2.24) is 10.2 Å². The van der Waals surface area contributed by atoms with E-state index in [0.29, 0.717) is 0 Å². The number of aliphatic hydroxyl groups is 1. The van der Waals surface area contributed by atoms with Crippen molar-refractivity contribution in [3.8, 4) is 0 Å². The number of rotatable bonds is 6. The summed E-state index contributed by atoms with van der Waals surface area (Å²) in [5.74, 6) is 0. The van der Waals surface area contributed by atoms with Gasteiger partial charge >= 0.3 is 0 Å². The molecule has 0 amide bonds. The molecule has 2 N–H and O–H groups in total. The highest BCUT2D eigenvalue weighted by molar-refractivity contribution is 4.76. The van der Waals surface area contributed by atoms with Crippen LogP contribution < -0.4 is 5.32 Å². The van der Waals surface area contributed by atoms with E-state index in [1.54, 1.807) is 0 Å². The van der Waals surface area contributed by atoms with Crippen LogP contribution >= 0.6 is 0 Å². The van der Waals surface area contributed by atoms with Crippen LogP contribution in [0.5, 0.6) is 0 Å². The van der Waals surface area contributed by atoms with Gasteiger partial charge in [0.05, 0.1) is 6.61 Å². The maximum Gasteiger partial charge on any atom is 0.0585 e. The Kier molecular flexibility index (Phi) is 7.01. The summed E-state index contributed by atoms with van der Waals surface area (Å²) in [5, 5.41) is 12.3. The highest BCUT2D eigenvalue weighted by Crippen LogP contribution is 2.19. The van der Waals surface area contributed by atoms with E-state index in [2.05, 4.69) is 17.1 Å². The Bertz CT molecular complexity index is 171. The lowest BCUT2D eigenvalue weighted by molar-refractivity contribution is 0.169. The zero-order valence-electron chi connectivity index (χ0n) is 10.9. The summed E-state index contributed by atoms with van der Waals surface area (Å²) in [4.78, 5) is 2.63. The molecule has 0 aromatic heterocycles. The molecule has 0 aromatic rings. The number of aliphatic hydroxyl groups excluding tert-OH is 1. The maximum atomic E-state index is 9.15. The smallest absolute Gasteiger partial charge is 0.0585 e. The summed E-state index contributed by atoms with van der Waals surface area (Å²) >= 11 is 0. The van der Waals surface area contributed by atoms with Crippen molar-refractivity contribution >= 4 is 0 Å². The first-order chi connectivity index (χ1) is 7.81. The van der Waals surface area contributed by atoms with Gasteiger partial charge in [0.2, 0.25) is 0 Å². The summed E-state index contributed by atoms with van der Waals surface area (Å²) < 4.78 is 0. The molecule has 0 spiro atoms. The first kappa shape index (κ1) is 13.9. The molecule has 2 unspecified atom stereocenters. The van der Waals surface area contributed by atoms with Gasteiger partial charge in [-0.25, -0.2) is 0 Å². The lowest BCUT2D eigenvalue weighted by Crippen LogP contribution is -2.39. The minimum Gasteiger partial charge on any atom is -0.395 e. The monoisotopic (exact) mass is 228 g/mol. The molecule has 0 saturated carbocycles. The number of likely N-dealkylation sites (N-methyl/N-ethyl adjacent to an activating group) is 1. The first-order valence-electron chi connectivity index (χ1n) is 6.84. The van der Waals surface area contributed by atoms with Gasteiger partial charge in [0.1, 0.15) is 0 Å². The summed E-state index contributed by atoms with van der Waals surface area (Å²) in [6, 6.07) is 1.04. The van der Waals surface area contributed by atoms with Crippen LogP contribution in [0.15, 0.2) is 0 Å². The topological polar surface area (TPSA) is 35.5 Å². The molecule has 1 aliphatic rings. The molecule has 3 nitrogen and oxygen atoms in total. The lowest BCUT2D eigenvalue weighted by atomic mass is 10.1. The van der Waals surface area contributed by atoms with Crippen molar-refractivity contribution in [2.45, 2.75) is 57.5 Å². The van der Waals surface area contributed by atoms with Crippen molar-refractivity contribution in [2.75, 3.05) is 26.7 Å². The second-order valence-corrected chi connectivity index (χ2v) is 4.90. The fraction of sp³-hybridized carbons (Fsp3) is 1.00. The van der Waals surface area contributed by atoms with Crippen molar-refractivity contribution in [2.24, 2.45) is 0 Å². The summed E-state index contributed by atoms with van der Waals surface area (Å²) in [5.41, 5.74) is 0. The van der Waals surface area contributed by atoms with E-state index >= 15 is 0 Å². The molecule has 3 heteroatoms. The van der Waals surface area contributed by atoms with E-state index in [1.165, 1.54) is 38.6 Å². The Morgan fingerprint density at radius 1 is 1.38 bits per heavy atom. The van der Waals surface area contributed by atoms with Crippen molar-refractivity contribution in [3.05, 3.63) is 0 Å². The van der Waals surface area contributed by atoms with Crippen LogP contribution in [0.1, 0.15) is 45.4 Å². The second-order valence-electron chi connectivity index (χ2n) is 4.90. The zero-order valence-corrected chi connectivity index (χ0v) is 10.9. The van der Waals surface area contributed by atoms with Gasteiger partial charge in [-0.1, -0.05) is 19.8 Å². The molecule has 0 aliphatic carbocycles. The van der Waals surface area contributed by atoms with Gasteiger partial charge in [-0.3, -0.25) is 0 Å². The standard InChI is InChI=1S/C13H28N2O/c1-3-13-7-5-4-6-9-15(13)10-8-12(11-16)14-2/h12-14,16H,3-11H2,1-2H3. The average molecular weight is 228 g/mol.